The molecule has 0 aliphatic carbocycles. The van der Waals surface area contributed by atoms with Crippen molar-refractivity contribution in [1.29, 1.82) is 0 Å². The molecule has 0 saturated carbocycles. The van der Waals surface area contributed by atoms with Gasteiger partial charge in [0.1, 0.15) is 19.3 Å². The highest BCUT2D eigenvalue weighted by Gasteiger charge is 2.30. The van der Waals surface area contributed by atoms with E-state index in [1.807, 2.05) is 0 Å². The number of hydrogen-bond acceptors (Lipinski definition) is 15. The maximum absolute atomic E-state index is 13.1. The average molecular weight is 1540 g/mol. The molecule has 0 bridgehead atoms. The van der Waals surface area contributed by atoms with Gasteiger partial charge < -0.3 is 33.8 Å². The van der Waals surface area contributed by atoms with E-state index in [-0.39, 0.29) is 25.7 Å². The summed E-state index contributed by atoms with van der Waals surface area (Å²) in [6.07, 6.45) is 70.0. The van der Waals surface area contributed by atoms with E-state index in [1.54, 1.807) is 0 Å². The van der Waals surface area contributed by atoms with Gasteiger partial charge in [-0.1, -0.05) is 408 Å². The molecule has 0 amide bonds. The third kappa shape index (κ3) is 79.9. The van der Waals surface area contributed by atoms with E-state index >= 15 is 0 Å². The minimum Gasteiger partial charge on any atom is -0.462 e. The summed E-state index contributed by atoms with van der Waals surface area (Å²) in [7, 11) is -9.92. The van der Waals surface area contributed by atoms with Crippen molar-refractivity contribution in [1.82, 2.24) is 0 Å². The molecular weight excluding hydrogens is 1370 g/mol. The number of rotatable bonds is 85. The molecule has 5 atom stereocenters. The van der Waals surface area contributed by atoms with Crippen LogP contribution in [0.5, 0.6) is 0 Å². The molecule has 0 aromatic heterocycles. The second-order valence-corrected chi connectivity index (χ2v) is 34.8. The molecule has 0 saturated heterocycles. The Kier molecular flexibility index (Phi) is 76.0. The smallest absolute Gasteiger partial charge is 0.462 e. The van der Waals surface area contributed by atoms with Crippen LogP contribution in [0.3, 0.4) is 0 Å². The van der Waals surface area contributed by atoms with E-state index < -0.39 is 97.5 Å². The number of phosphoric acid groups is 2. The van der Waals surface area contributed by atoms with Crippen LogP contribution in [-0.2, 0) is 65.4 Å². The quantitative estimate of drug-likeness (QED) is 0.0222. The zero-order valence-corrected chi connectivity index (χ0v) is 70.8. The number of ether oxygens (including phenoxy) is 4. The van der Waals surface area contributed by atoms with Gasteiger partial charge in [-0.05, 0) is 37.5 Å². The van der Waals surface area contributed by atoms with Crippen molar-refractivity contribution in [3.8, 4) is 0 Å². The normalized spacial score (nSPS) is 13.8. The summed E-state index contributed by atoms with van der Waals surface area (Å²) in [4.78, 5) is 73.1. The lowest BCUT2D eigenvalue weighted by Crippen LogP contribution is -2.30. The monoisotopic (exact) mass is 1540 g/mol. The van der Waals surface area contributed by atoms with Gasteiger partial charge in [-0.15, -0.1) is 0 Å². The molecule has 0 aliphatic rings. The van der Waals surface area contributed by atoms with E-state index in [9.17, 15) is 43.2 Å². The van der Waals surface area contributed by atoms with Gasteiger partial charge in [0.2, 0.25) is 0 Å². The Morgan fingerprint density at radius 2 is 0.438 bits per heavy atom. The van der Waals surface area contributed by atoms with Gasteiger partial charge >= 0.3 is 39.5 Å². The van der Waals surface area contributed by atoms with E-state index in [4.69, 9.17) is 37.0 Å². The van der Waals surface area contributed by atoms with Crippen molar-refractivity contribution in [2.45, 2.75) is 477 Å². The minimum absolute atomic E-state index is 0.105. The summed E-state index contributed by atoms with van der Waals surface area (Å²) in [5.74, 6) is -0.694. The first-order chi connectivity index (χ1) is 50.9. The second-order valence-electron chi connectivity index (χ2n) is 31.9. The van der Waals surface area contributed by atoms with Crippen LogP contribution >= 0.6 is 15.6 Å². The molecule has 105 heavy (non-hydrogen) atoms. The van der Waals surface area contributed by atoms with Crippen LogP contribution in [-0.4, -0.2) is 96.7 Å². The fourth-order valence-corrected chi connectivity index (χ4v) is 15.0. The Labute approximate surface area is 645 Å². The Balaban J connectivity index is 5.17. The molecule has 624 valence electrons. The summed E-state index contributed by atoms with van der Waals surface area (Å²) < 4.78 is 68.8. The highest BCUT2D eigenvalue weighted by molar-refractivity contribution is 7.47. The topological polar surface area (TPSA) is 237 Å². The lowest BCUT2D eigenvalue weighted by molar-refractivity contribution is -0.161. The number of unbranched alkanes of at least 4 members (excludes halogenated alkanes) is 55. The first-order valence-corrected chi connectivity index (χ1v) is 47.5. The van der Waals surface area contributed by atoms with Gasteiger partial charge in [-0.2, -0.15) is 0 Å². The van der Waals surface area contributed by atoms with Crippen molar-refractivity contribution in [3.63, 3.8) is 0 Å². The predicted octanol–water partition coefficient (Wildman–Crippen LogP) is 26.2. The van der Waals surface area contributed by atoms with Crippen molar-refractivity contribution in [3.05, 3.63) is 0 Å². The predicted molar refractivity (Wildman–Crippen MR) is 432 cm³/mol. The van der Waals surface area contributed by atoms with Crippen molar-refractivity contribution in [2.75, 3.05) is 39.6 Å². The third-order valence-corrected chi connectivity index (χ3v) is 22.1. The Morgan fingerprint density at radius 1 is 0.257 bits per heavy atom. The third-order valence-electron chi connectivity index (χ3n) is 20.2. The molecule has 17 nitrogen and oxygen atoms in total. The maximum Gasteiger partial charge on any atom is 0.472 e. The summed E-state index contributed by atoms with van der Waals surface area (Å²) in [5.41, 5.74) is 0. The number of carbonyl (C=O) groups excluding carboxylic acids is 4. The van der Waals surface area contributed by atoms with Crippen LogP contribution < -0.4 is 0 Å². The van der Waals surface area contributed by atoms with Crippen LogP contribution in [0.2, 0.25) is 0 Å². The molecule has 0 spiro atoms. The average Bonchev–Trinajstić information content (AvgIpc) is 0.928. The van der Waals surface area contributed by atoms with Gasteiger partial charge in [-0.25, -0.2) is 9.13 Å². The minimum atomic E-state index is -4.97. The largest absolute Gasteiger partial charge is 0.472 e. The standard InChI is InChI=1S/C86H168O17P2/c1-7-9-11-13-15-17-19-21-23-25-27-29-31-33-35-37-39-41-45-49-56-62-68-83(88)96-74-81(102-85(90)70-64-58-50-46-42-40-38-36-34-32-30-28-26-24-22-20-18-16-14-12-10-8-2)76-100-104(92,93)98-72-80(87)73-99-105(94,95)101-77-82(75-97-84(89)69-63-57-53-52-55-61-67-79(5)6)103-86(91)71-65-59-51-47-43-44-48-54-60-66-78(3)4/h78-82,87H,7-77H2,1-6H3,(H,92,93)(H,94,95)/t80-,81-,82-/m1/s1. The van der Waals surface area contributed by atoms with Gasteiger partial charge in [0, 0.05) is 25.7 Å². The van der Waals surface area contributed by atoms with Crippen LogP contribution in [0, 0.1) is 11.8 Å². The molecule has 0 aromatic carbocycles. The molecule has 0 fully saturated rings. The summed E-state index contributed by atoms with van der Waals surface area (Å²) in [5, 5.41) is 10.7. The number of carbonyl (C=O) groups is 4. The number of phosphoric ester groups is 2. The van der Waals surface area contributed by atoms with Crippen molar-refractivity contribution in [2.24, 2.45) is 11.8 Å². The van der Waals surface area contributed by atoms with Crippen molar-refractivity contribution < 1.29 is 80.2 Å². The van der Waals surface area contributed by atoms with Crippen LogP contribution in [0.4, 0.5) is 0 Å². The lowest BCUT2D eigenvalue weighted by Gasteiger charge is -2.21. The molecule has 0 heterocycles. The summed E-state index contributed by atoms with van der Waals surface area (Å²) >= 11 is 0. The van der Waals surface area contributed by atoms with Gasteiger partial charge in [0.05, 0.1) is 26.4 Å². The second kappa shape index (κ2) is 77.4. The first kappa shape index (κ1) is 103. The molecule has 2 unspecified atom stereocenters. The zero-order valence-electron chi connectivity index (χ0n) is 69.0. The van der Waals surface area contributed by atoms with Gasteiger partial charge in [-0.3, -0.25) is 37.3 Å². The number of esters is 4. The fourth-order valence-electron chi connectivity index (χ4n) is 13.4. The summed E-state index contributed by atoms with van der Waals surface area (Å²) in [6, 6.07) is 0. The number of aliphatic hydroxyl groups is 1. The maximum atomic E-state index is 13.1. The summed E-state index contributed by atoms with van der Waals surface area (Å²) in [6.45, 7) is 9.54. The Bertz CT molecular complexity index is 2010. The SMILES string of the molecule is CCCCCCCCCCCCCCCCCCCCCCCCC(=O)OC[C@H](COP(=O)(O)OC[C@@H](O)COP(=O)(O)OC[C@@H](COC(=O)CCCCCCCCC(C)C)OC(=O)CCCCCCCCCCCC(C)C)OC(=O)CCCCCCCCCCCCCCCCCCCCCCCC. The Hall–Kier alpha value is -1.94. The van der Waals surface area contributed by atoms with E-state index in [1.165, 1.54) is 270 Å². The van der Waals surface area contributed by atoms with Crippen LogP contribution in [0.25, 0.3) is 0 Å². The molecule has 19 heteroatoms. The van der Waals surface area contributed by atoms with E-state index in [2.05, 4.69) is 41.5 Å². The van der Waals surface area contributed by atoms with Gasteiger partial charge in [0.15, 0.2) is 12.2 Å². The zero-order chi connectivity index (χ0) is 77.1. The lowest BCUT2D eigenvalue weighted by atomic mass is 10.0. The molecule has 0 radical (unpaired) electrons. The highest BCUT2D eigenvalue weighted by atomic mass is 31.2. The fraction of sp³-hybridized carbons (Fsp3) is 0.953. The molecular formula is C86H168O17P2. The molecule has 0 aliphatic heterocycles. The van der Waals surface area contributed by atoms with Crippen LogP contribution in [0.15, 0.2) is 0 Å². The van der Waals surface area contributed by atoms with Crippen LogP contribution in [0.1, 0.15) is 459 Å². The van der Waals surface area contributed by atoms with Crippen molar-refractivity contribution >= 4 is 39.5 Å². The Morgan fingerprint density at radius 3 is 0.648 bits per heavy atom. The number of aliphatic hydroxyl groups excluding tert-OH is 1. The van der Waals surface area contributed by atoms with Gasteiger partial charge in [0.25, 0.3) is 0 Å². The van der Waals surface area contributed by atoms with E-state index in [0.29, 0.717) is 31.6 Å². The molecule has 0 aromatic rings. The molecule has 0 rings (SSSR count). The first-order valence-electron chi connectivity index (χ1n) is 44.5. The highest BCUT2D eigenvalue weighted by Crippen LogP contribution is 2.45. The van der Waals surface area contributed by atoms with E-state index in [0.717, 1.165) is 102 Å². The molecule has 3 N–H and O–H groups in total. The number of hydrogen-bond donors (Lipinski definition) is 3.